The first-order valence-corrected chi connectivity index (χ1v) is 6.74. The molecular weight excluding hydrogens is 250 g/mol. The minimum Gasteiger partial charge on any atom is -0.477 e. The SMILES string of the molecule is CC(C)CC(C)N(C)C(=O)c1ccc(C(=O)O)s1. The topological polar surface area (TPSA) is 57.6 Å². The molecule has 1 unspecified atom stereocenters. The number of carbonyl (C=O) groups excluding carboxylic acids is 1. The summed E-state index contributed by atoms with van der Waals surface area (Å²) in [5.74, 6) is -0.578. The Morgan fingerprint density at radius 2 is 1.83 bits per heavy atom. The van der Waals surface area contributed by atoms with Gasteiger partial charge in [0, 0.05) is 13.1 Å². The fraction of sp³-hybridized carbons (Fsp3) is 0.538. The number of amides is 1. The highest BCUT2D eigenvalue weighted by molar-refractivity contribution is 7.15. The van der Waals surface area contributed by atoms with E-state index in [0.717, 1.165) is 17.8 Å². The lowest BCUT2D eigenvalue weighted by molar-refractivity contribution is 0.0700. The first-order chi connectivity index (χ1) is 8.32. The Labute approximate surface area is 111 Å². The van der Waals surface area contributed by atoms with E-state index in [2.05, 4.69) is 13.8 Å². The van der Waals surface area contributed by atoms with Gasteiger partial charge < -0.3 is 10.0 Å². The molecular formula is C13H19NO3S. The molecule has 0 saturated heterocycles. The molecule has 1 atom stereocenters. The molecule has 0 fully saturated rings. The van der Waals surface area contributed by atoms with Crippen molar-refractivity contribution in [1.82, 2.24) is 4.90 Å². The second-order valence-electron chi connectivity index (χ2n) is 4.86. The molecule has 0 bridgehead atoms. The number of carboxylic acid groups (broad SMARTS) is 1. The van der Waals surface area contributed by atoms with Gasteiger partial charge in [0.05, 0.1) is 4.88 Å². The molecule has 5 heteroatoms. The van der Waals surface area contributed by atoms with Crippen molar-refractivity contribution in [3.63, 3.8) is 0 Å². The number of nitrogens with zero attached hydrogens (tertiary/aromatic N) is 1. The fourth-order valence-electron chi connectivity index (χ4n) is 1.78. The average molecular weight is 269 g/mol. The summed E-state index contributed by atoms with van der Waals surface area (Å²) in [6, 6.07) is 3.20. The summed E-state index contributed by atoms with van der Waals surface area (Å²) < 4.78 is 0. The van der Waals surface area contributed by atoms with Crippen LogP contribution in [0, 0.1) is 5.92 Å². The summed E-state index contributed by atoms with van der Waals surface area (Å²) >= 11 is 1.02. The molecule has 0 aromatic carbocycles. The third-order valence-corrected chi connectivity index (χ3v) is 3.88. The molecule has 1 aromatic rings. The van der Waals surface area contributed by atoms with E-state index in [0.29, 0.717) is 10.8 Å². The Morgan fingerprint density at radius 3 is 2.28 bits per heavy atom. The van der Waals surface area contributed by atoms with Crippen molar-refractivity contribution >= 4 is 23.2 Å². The zero-order valence-electron chi connectivity index (χ0n) is 11.1. The number of aromatic carboxylic acids is 1. The third-order valence-electron chi connectivity index (χ3n) is 2.82. The molecule has 1 rings (SSSR count). The number of rotatable bonds is 5. The van der Waals surface area contributed by atoms with Crippen molar-refractivity contribution in [1.29, 1.82) is 0 Å². The van der Waals surface area contributed by atoms with Gasteiger partial charge in [-0.3, -0.25) is 4.79 Å². The van der Waals surface area contributed by atoms with Gasteiger partial charge in [-0.25, -0.2) is 4.79 Å². The van der Waals surface area contributed by atoms with E-state index in [1.807, 2.05) is 6.92 Å². The van der Waals surface area contributed by atoms with Crippen molar-refractivity contribution in [2.24, 2.45) is 5.92 Å². The Kier molecular flexibility index (Phi) is 4.90. The van der Waals surface area contributed by atoms with Crippen molar-refractivity contribution < 1.29 is 14.7 Å². The van der Waals surface area contributed by atoms with Crippen LogP contribution in [0.4, 0.5) is 0 Å². The van der Waals surface area contributed by atoms with E-state index in [4.69, 9.17) is 5.11 Å². The number of hydrogen-bond donors (Lipinski definition) is 1. The second kappa shape index (κ2) is 6.00. The lowest BCUT2D eigenvalue weighted by Gasteiger charge is -2.25. The lowest BCUT2D eigenvalue weighted by atomic mass is 10.0. The Morgan fingerprint density at radius 1 is 1.28 bits per heavy atom. The van der Waals surface area contributed by atoms with Gasteiger partial charge >= 0.3 is 5.97 Å². The van der Waals surface area contributed by atoms with Crippen LogP contribution in [0.15, 0.2) is 12.1 Å². The van der Waals surface area contributed by atoms with Gasteiger partial charge in [0.25, 0.3) is 5.91 Å². The summed E-state index contributed by atoms with van der Waals surface area (Å²) in [6.45, 7) is 6.23. The second-order valence-corrected chi connectivity index (χ2v) is 5.95. The maximum Gasteiger partial charge on any atom is 0.345 e. The predicted octanol–water partition coefficient (Wildman–Crippen LogP) is 2.95. The molecule has 1 amide bonds. The van der Waals surface area contributed by atoms with Crippen molar-refractivity contribution in [3.8, 4) is 0 Å². The molecule has 18 heavy (non-hydrogen) atoms. The van der Waals surface area contributed by atoms with Gasteiger partial charge in [0.15, 0.2) is 0 Å². The van der Waals surface area contributed by atoms with Crippen molar-refractivity contribution in [2.45, 2.75) is 33.2 Å². The van der Waals surface area contributed by atoms with Gasteiger partial charge in [-0.15, -0.1) is 11.3 Å². The van der Waals surface area contributed by atoms with E-state index in [9.17, 15) is 9.59 Å². The minimum absolute atomic E-state index is 0.111. The summed E-state index contributed by atoms with van der Waals surface area (Å²) in [6.07, 6.45) is 0.930. The van der Waals surface area contributed by atoms with Crippen LogP contribution in [-0.4, -0.2) is 35.0 Å². The van der Waals surface area contributed by atoms with E-state index in [1.54, 1.807) is 18.0 Å². The van der Waals surface area contributed by atoms with Gasteiger partial charge in [-0.05, 0) is 31.4 Å². The summed E-state index contributed by atoms with van der Waals surface area (Å²) in [5, 5.41) is 8.83. The Hall–Kier alpha value is -1.36. The summed E-state index contributed by atoms with van der Waals surface area (Å²) in [4.78, 5) is 25.3. The van der Waals surface area contributed by atoms with E-state index in [1.165, 1.54) is 6.07 Å². The molecule has 0 spiro atoms. The van der Waals surface area contributed by atoms with Crippen LogP contribution in [0.3, 0.4) is 0 Å². The smallest absolute Gasteiger partial charge is 0.345 e. The predicted molar refractivity (Wildman–Crippen MR) is 72.3 cm³/mol. The molecule has 1 heterocycles. The lowest BCUT2D eigenvalue weighted by Crippen LogP contribution is -2.35. The molecule has 1 N–H and O–H groups in total. The summed E-state index contributed by atoms with van der Waals surface area (Å²) in [5.41, 5.74) is 0. The first kappa shape index (κ1) is 14.7. The van der Waals surface area contributed by atoms with E-state index >= 15 is 0 Å². The number of carbonyl (C=O) groups is 2. The van der Waals surface area contributed by atoms with Gasteiger partial charge in [-0.1, -0.05) is 13.8 Å². The molecule has 0 aliphatic heterocycles. The van der Waals surface area contributed by atoms with Crippen LogP contribution in [0.5, 0.6) is 0 Å². The highest BCUT2D eigenvalue weighted by Crippen LogP contribution is 2.20. The number of thiophene rings is 1. The normalized spacial score (nSPS) is 12.5. The van der Waals surface area contributed by atoms with Crippen LogP contribution in [0.1, 0.15) is 46.5 Å². The van der Waals surface area contributed by atoms with Crippen molar-refractivity contribution in [3.05, 3.63) is 21.9 Å². The highest BCUT2D eigenvalue weighted by atomic mass is 32.1. The molecule has 4 nitrogen and oxygen atoms in total. The molecule has 100 valence electrons. The van der Waals surface area contributed by atoms with E-state index < -0.39 is 5.97 Å². The van der Waals surface area contributed by atoms with Crippen LogP contribution in [0.25, 0.3) is 0 Å². The maximum atomic E-state index is 12.1. The zero-order chi connectivity index (χ0) is 13.9. The van der Waals surface area contributed by atoms with Crippen LogP contribution in [0.2, 0.25) is 0 Å². The average Bonchev–Trinajstić information content (AvgIpc) is 2.75. The summed E-state index contributed by atoms with van der Waals surface area (Å²) in [7, 11) is 1.76. The molecule has 0 radical (unpaired) electrons. The Bertz CT molecular complexity index is 439. The van der Waals surface area contributed by atoms with Gasteiger partial charge in [0.2, 0.25) is 0 Å². The highest BCUT2D eigenvalue weighted by Gasteiger charge is 2.20. The molecule has 0 aliphatic rings. The quantitative estimate of drug-likeness (QED) is 0.894. The Balaban J connectivity index is 2.76. The standard InChI is InChI=1S/C13H19NO3S/c1-8(2)7-9(3)14(4)12(15)10-5-6-11(18-10)13(16)17/h5-6,8-9H,7H2,1-4H3,(H,16,17). The number of hydrogen-bond acceptors (Lipinski definition) is 3. The minimum atomic E-state index is -0.989. The van der Waals surface area contributed by atoms with E-state index in [-0.39, 0.29) is 16.8 Å². The van der Waals surface area contributed by atoms with Crippen molar-refractivity contribution in [2.75, 3.05) is 7.05 Å². The number of carboxylic acids is 1. The van der Waals surface area contributed by atoms with Gasteiger partial charge in [-0.2, -0.15) is 0 Å². The molecule has 0 aliphatic carbocycles. The first-order valence-electron chi connectivity index (χ1n) is 5.93. The van der Waals surface area contributed by atoms with Gasteiger partial charge in [0.1, 0.15) is 4.88 Å². The largest absolute Gasteiger partial charge is 0.477 e. The third kappa shape index (κ3) is 3.57. The fourth-order valence-corrected chi connectivity index (χ4v) is 2.61. The molecule has 1 aromatic heterocycles. The van der Waals surface area contributed by atoms with Crippen LogP contribution in [-0.2, 0) is 0 Å². The van der Waals surface area contributed by atoms with Crippen LogP contribution >= 0.6 is 11.3 Å². The molecule has 0 saturated carbocycles. The zero-order valence-corrected chi connectivity index (χ0v) is 12.0. The maximum absolute atomic E-state index is 12.1. The van der Waals surface area contributed by atoms with Crippen LogP contribution < -0.4 is 0 Å². The monoisotopic (exact) mass is 269 g/mol.